The van der Waals surface area contributed by atoms with Crippen LogP contribution in [0.5, 0.6) is 0 Å². The van der Waals surface area contributed by atoms with Crippen LogP contribution in [0.1, 0.15) is 38.3 Å². The van der Waals surface area contributed by atoms with Gasteiger partial charge in [-0.2, -0.15) is 5.10 Å². The molecular weight excluding hydrogens is 272 g/mol. The highest BCUT2D eigenvalue weighted by molar-refractivity contribution is 5.96. The fraction of sp³-hybridized carbons (Fsp3) is 0.357. The molecule has 0 spiro atoms. The van der Waals surface area contributed by atoms with Crippen LogP contribution < -0.4 is 5.73 Å². The number of likely N-dealkylation sites (tertiary alicyclic amines) is 1. The quantitative estimate of drug-likeness (QED) is 0.907. The molecule has 2 aromatic rings. The number of carbonyl (C=O) groups is 2. The van der Waals surface area contributed by atoms with Crippen molar-refractivity contribution in [1.82, 2.24) is 14.7 Å². The van der Waals surface area contributed by atoms with Gasteiger partial charge in [0, 0.05) is 19.3 Å². The molecule has 0 bridgehead atoms. The topological polar surface area (TPSA) is 94.4 Å². The van der Waals surface area contributed by atoms with Gasteiger partial charge in [-0.25, -0.2) is 0 Å². The number of rotatable bonds is 3. The number of hydrogen-bond acceptors (Lipinski definition) is 4. The number of aromatic nitrogens is 2. The summed E-state index contributed by atoms with van der Waals surface area (Å²) in [5.41, 5.74) is 6.17. The lowest BCUT2D eigenvalue weighted by Crippen LogP contribution is -2.50. The second kappa shape index (κ2) is 4.76. The van der Waals surface area contributed by atoms with Gasteiger partial charge in [-0.15, -0.1) is 0 Å². The predicted octanol–water partition coefficient (Wildman–Crippen LogP) is 0.889. The van der Waals surface area contributed by atoms with Crippen LogP contribution >= 0.6 is 0 Å². The smallest absolute Gasteiger partial charge is 0.257 e. The van der Waals surface area contributed by atoms with Crippen molar-refractivity contribution in [1.29, 1.82) is 0 Å². The van der Waals surface area contributed by atoms with E-state index >= 15 is 0 Å². The number of aryl methyl sites for hydroxylation is 2. The van der Waals surface area contributed by atoms with E-state index in [9.17, 15) is 9.59 Å². The van der Waals surface area contributed by atoms with Crippen LogP contribution in [-0.2, 0) is 0 Å². The van der Waals surface area contributed by atoms with Gasteiger partial charge in [-0.1, -0.05) is 0 Å². The van der Waals surface area contributed by atoms with Crippen molar-refractivity contribution >= 4 is 11.8 Å². The molecule has 0 atom stereocenters. The molecule has 2 N–H and O–H groups in total. The number of hydrogen-bond donors (Lipinski definition) is 1. The minimum absolute atomic E-state index is 0.0390. The molecule has 21 heavy (non-hydrogen) atoms. The zero-order chi connectivity index (χ0) is 15.1. The Labute approximate surface area is 121 Å². The fourth-order valence-electron chi connectivity index (χ4n) is 2.47. The summed E-state index contributed by atoms with van der Waals surface area (Å²) >= 11 is 0. The minimum Gasteiger partial charge on any atom is -0.466 e. The first-order valence-corrected chi connectivity index (χ1v) is 6.66. The van der Waals surface area contributed by atoms with Crippen LogP contribution in [0, 0.1) is 13.8 Å². The lowest BCUT2D eigenvalue weighted by atomic mass is 10.1. The van der Waals surface area contributed by atoms with Gasteiger partial charge in [0.25, 0.3) is 11.8 Å². The number of furan rings is 1. The molecule has 7 heteroatoms. The van der Waals surface area contributed by atoms with Crippen molar-refractivity contribution < 1.29 is 14.0 Å². The third kappa shape index (κ3) is 2.31. The van der Waals surface area contributed by atoms with E-state index < -0.39 is 5.91 Å². The van der Waals surface area contributed by atoms with E-state index in [1.807, 2.05) is 6.92 Å². The molecule has 3 rings (SSSR count). The van der Waals surface area contributed by atoms with Gasteiger partial charge >= 0.3 is 0 Å². The van der Waals surface area contributed by atoms with E-state index in [4.69, 9.17) is 10.2 Å². The van der Waals surface area contributed by atoms with Crippen molar-refractivity contribution in [2.45, 2.75) is 19.9 Å². The van der Waals surface area contributed by atoms with Crippen molar-refractivity contribution in [2.24, 2.45) is 5.73 Å². The van der Waals surface area contributed by atoms with Gasteiger partial charge < -0.3 is 15.1 Å². The molecule has 110 valence electrons. The van der Waals surface area contributed by atoms with Crippen molar-refractivity contribution in [3.63, 3.8) is 0 Å². The molecule has 3 heterocycles. The molecule has 1 saturated heterocycles. The van der Waals surface area contributed by atoms with Gasteiger partial charge in [0.05, 0.1) is 23.4 Å². The van der Waals surface area contributed by atoms with Gasteiger partial charge in [0.15, 0.2) is 0 Å². The molecule has 0 unspecified atom stereocenters. The Kier molecular flexibility index (Phi) is 3.04. The number of amides is 2. The third-order valence-electron chi connectivity index (χ3n) is 3.68. The number of nitrogens with two attached hydrogens (primary N) is 1. The maximum Gasteiger partial charge on any atom is 0.257 e. The van der Waals surface area contributed by atoms with Gasteiger partial charge in [-0.05, 0) is 19.9 Å². The van der Waals surface area contributed by atoms with Gasteiger partial charge in [-0.3, -0.25) is 14.3 Å². The fourth-order valence-corrected chi connectivity index (χ4v) is 2.47. The zero-order valence-corrected chi connectivity index (χ0v) is 11.9. The lowest BCUT2D eigenvalue weighted by molar-refractivity contribution is 0.0499. The molecule has 1 fully saturated rings. The SMILES string of the molecule is Cc1cc(C(=O)N2CC(n3cc(C(N)=O)cn3)C2)c(C)o1. The maximum absolute atomic E-state index is 12.3. The first kappa shape index (κ1) is 13.4. The van der Waals surface area contributed by atoms with E-state index in [1.54, 1.807) is 28.8 Å². The summed E-state index contributed by atoms with van der Waals surface area (Å²) in [5.74, 6) is 0.822. The molecule has 2 aromatic heterocycles. The normalized spacial score (nSPS) is 15.0. The largest absolute Gasteiger partial charge is 0.466 e. The summed E-state index contributed by atoms with van der Waals surface area (Å²) < 4.78 is 7.06. The Morgan fingerprint density at radius 1 is 1.38 bits per heavy atom. The molecule has 1 aliphatic rings. The molecule has 2 amide bonds. The summed E-state index contributed by atoms with van der Waals surface area (Å²) in [4.78, 5) is 25.1. The lowest BCUT2D eigenvalue weighted by Gasteiger charge is -2.39. The van der Waals surface area contributed by atoms with Crippen molar-refractivity contribution in [2.75, 3.05) is 13.1 Å². The Balaban J connectivity index is 1.66. The molecule has 0 aromatic carbocycles. The average molecular weight is 288 g/mol. The maximum atomic E-state index is 12.3. The molecule has 7 nitrogen and oxygen atoms in total. The molecule has 0 radical (unpaired) electrons. The van der Waals surface area contributed by atoms with E-state index in [-0.39, 0.29) is 11.9 Å². The summed E-state index contributed by atoms with van der Waals surface area (Å²) in [5, 5.41) is 4.11. The van der Waals surface area contributed by atoms with Gasteiger partial charge in [0.2, 0.25) is 0 Å². The van der Waals surface area contributed by atoms with Gasteiger partial charge in [0.1, 0.15) is 11.5 Å². The Hall–Kier alpha value is -2.57. The Bertz CT molecular complexity index is 710. The summed E-state index contributed by atoms with van der Waals surface area (Å²) in [6.07, 6.45) is 3.05. The Morgan fingerprint density at radius 2 is 2.10 bits per heavy atom. The first-order chi connectivity index (χ1) is 9.95. The number of primary amides is 1. The average Bonchev–Trinajstić information content (AvgIpc) is 2.94. The van der Waals surface area contributed by atoms with Crippen molar-refractivity contribution in [3.05, 3.63) is 41.1 Å². The second-order valence-corrected chi connectivity index (χ2v) is 5.26. The highest BCUT2D eigenvalue weighted by Crippen LogP contribution is 2.25. The van der Waals surface area contributed by atoms with E-state index in [2.05, 4.69) is 5.10 Å². The summed E-state index contributed by atoms with van der Waals surface area (Å²) in [7, 11) is 0. The first-order valence-electron chi connectivity index (χ1n) is 6.66. The monoisotopic (exact) mass is 288 g/mol. The summed E-state index contributed by atoms with van der Waals surface area (Å²) in [6, 6.07) is 1.83. The summed E-state index contributed by atoms with van der Waals surface area (Å²) in [6.45, 7) is 4.71. The standard InChI is InChI=1S/C14H16N4O3/c1-8-3-12(9(2)21-8)14(20)17-6-11(7-17)18-5-10(4-16-18)13(15)19/h3-5,11H,6-7H2,1-2H3,(H2,15,19). The van der Waals surface area contributed by atoms with Crippen LogP contribution in [0.2, 0.25) is 0 Å². The predicted molar refractivity (Wildman–Crippen MR) is 73.9 cm³/mol. The highest BCUT2D eigenvalue weighted by Gasteiger charge is 2.34. The van der Waals surface area contributed by atoms with Crippen molar-refractivity contribution in [3.8, 4) is 0 Å². The molecule has 0 saturated carbocycles. The molecule has 0 aliphatic carbocycles. The van der Waals surface area contributed by atoms with Crippen LogP contribution in [0.15, 0.2) is 22.9 Å². The minimum atomic E-state index is -0.502. The van der Waals surface area contributed by atoms with Crippen LogP contribution in [0.3, 0.4) is 0 Å². The molecular formula is C14H16N4O3. The highest BCUT2D eigenvalue weighted by atomic mass is 16.3. The zero-order valence-electron chi connectivity index (χ0n) is 11.9. The number of nitrogens with zero attached hydrogens (tertiary/aromatic N) is 3. The van der Waals surface area contributed by atoms with E-state index in [1.165, 1.54) is 6.20 Å². The van der Waals surface area contributed by atoms with Crippen LogP contribution in [0.25, 0.3) is 0 Å². The number of carbonyl (C=O) groups excluding carboxylic acids is 2. The van der Waals surface area contributed by atoms with E-state index in [0.717, 1.165) is 5.76 Å². The van der Waals surface area contributed by atoms with Crippen LogP contribution in [0.4, 0.5) is 0 Å². The third-order valence-corrected chi connectivity index (χ3v) is 3.68. The second-order valence-electron chi connectivity index (χ2n) is 5.26. The molecule has 1 aliphatic heterocycles. The Morgan fingerprint density at radius 3 is 2.62 bits per heavy atom. The van der Waals surface area contributed by atoms with Crippen LogP contribution in [-0.4, -0.2) is 39.6 Å². The van der Waals surface area contributed by atoms with E-state index in [0.29, 0.717) is 30.0 Å².